The molecule has 0 aliphatic carbocycles. The molecule has 0 heterocycles. The van der Waals surface area contributed by atoms with Crippen molar-refractivity contribution in [3.8, 4) is 0 Å². The molecule has 0 fully saturated rings. The van der Waals surface area contributed by atoms with Gasteiger partial charge in [0.15, 0.2) is 0 Å². The van der Waals surface area contributed by atoms with Crippen LogP contribution in [-0.2, 0) is 9.59 Å². The number of hydrogen-bond donors (Lipinski definition) is 1. The van der Waals surface area contributed by atoms with E-state index in [2.05, 4.69) is 5.32 Å². The summed E-state index contributed by atoms with van der Waals surface area (Å²) in [5, 5.41) is 3.05. The summed E-state index contributed by atoms with van der Waals surface area (Å²) < 4.78 is 0. The fourth-order valence-corrected chi connectivity index (χ4v) is 0.690. The molecular weight excluding hydrogens is 156 g/mol. The normalized spacial score (nSPS) is 9.50. The number of nitrogens with zero attached hydrogens (tertiary/aromatic N) is 1. The molecule has 4 nitrogen and oxygen atoms in total. The zero-order valence-corrected chi connectivity index (χ0v) is 7.67. The lowest BCUT2D eigenvalue weighted by atomic mass is 10.4. The van der Waals surface area contributed by atoms with Gasteiger partial charge in [-0.1, -0.05) is 0 Å². The van der Waals surface area contributed by atoms with Crippen molar-refractivity contribution in [2.24, 2.45) is 0 Å². The van der Waals surface area contributed by atoms with Crippen LogP contribution in [0.1, 0.15) is 13.3 Å². The van der Waals surface area contributed by atoms with Crippen LogP contribution in [0.25, 0.3) is 0 Å². The van der Waals surface area contributed by atoms with E-state index in [9.17, 15) is 9.59 Å². The lowest BCUT2D eigenvalue weighted by Crippen LogP contribution is -2.32. The minimum absolute atomic E-state index is 0.0622. The summed E-state index contributed by atoms with van der Waals surface area (Å²) in [5.41, 5.74) is 0. The quantitative estimate of drug-likeness (QED) is 0.440. The minimum atomic E-state index is 0.0622. The van der Waals surface area contributed by atoms with Crippen LogP contribution in [0.4, 0.5) is 0 Å². The van der Waals surface area contributed by atoms with Gasteiger partial charge in [-0.3, -0.25) is 4.79 Å². The summed E-state index contributed by atoms with van der Waals surface area (Å²) in [7, 11) is 1.75. The fraction of sp³-hybridized carbons (Fsp3) is 0.750. The van der Waals surface area contributed by atoms with Crippen molar-refractivity contribution in [2.75, 3.05) is 26.7 Å². The number of carbonyl (C=O) groups excluding carboxylic acids is 2. The van der Waals surface area contributed by atoms with Gasteiger partial charge in [0.2, 0.25) is 5.91 Å². The van der Waals surface area contributed by atoms with Gasteiger partial charge in [0.1, 0.15) is 6.29 Å². The third-order valence-electron chi connectivity index (χ3n) is 1.60. The first-order chi connectivity index (χ1) is 5.68. The molecule has 70 valence electrons. The van der Waals surface area contributed by atoms with Crippen molar-refractivity contribution in [3.05, 3.63) is 0 Å². The predicted octanol–water partition coefficient (Wildman–Crippen LogP) is -0.357. The van der Waals surface area contributed by atoms with Gasteiger partial charge >= 0.3 is 0 Å². The monoisotopic (exact) mass is 172 g/mol. The zero-order chi connectivity index (χ0) is 9.40. The number of likely N-dealkylation sites (N-methyl/N-ethyl adjacent to an activating group) is 1. The molecule has 0 rings (SSSR count). The first-order valence-electron chi connectivity index (χ1n) is 4.04. The Kier molecular flexibility index (Phi) is 6.28. The maximum atomic E-state index is 10.7. The molecule has 1 amide bonds. The standard InChI is InChI=1S/C8H16N2O2/c1-8(12)10(2)6-5-9-4-3-7-11/h7,9H,3-6H2,1-2H3. The summed E-state index contributed by atoms with van der Waals surface area (Å²) in [6.45, 7) is 3.65. The van der Waals surface area contributed by atoms with E-state index in [1.807, 2.05) is 0 Å². The SMILES string of the molecule is CC(=O)N(C)CCNCCC=O. The highest BCUT2D eigenvalue weighted by Crippen LogP contribution is 1.80. The van der Waals surface area contributed by atoms with Gasteiger partial charge in [-0.2, -0.15) is 0 Å². The van der Waals surface area contributed by atoms with E-state index in [0.29, 0.717) is 19.5 Å². The number of aldehydes is 1. The van der Waals surface area contributed by atoms with Gasteiger partial charge in [0, 0.05) is 40.0 Å². The van der Waals surface area contributed by atoms with E-state index >= 15 is 0 Å². The average Bonchev–Trinajstić information content (AvgIpc) is 2.03. The second-order valence-corrected chi connectivity index (χ2v) is 2.65. The summed E-state index contributed by atoms with van der Waals surface area (Å²) in [6.07, 6.45) is 1.41. The van der Waals surface area contributed by atoms with E-state index in [1.54, 1.807) is 11.9 Å². The van der Waals surface area contributed by atoms with Crippen molar-refractivity contribution in [3.63, 3.8) is 0 Å². The molecule has 4 heteroatoms. The van der Waals surface area contributed by atoms with E-state index in [0.717, 1.165) is 12.8 Å². The minimum Gasteiger partial charge on any atom is -0.345 e. The molecule has 0 radical (unpaired) electrons. The summed E-state index contributed by atoms with van der Waals surface area (Å²) in [4.78, 5) is 22.2. The maximum Gasteiger partial charge on any atom is 0.219 e. The van der Waals surface area contributed by atoms with Crippen molar-refractivity contribution < 1.29 is 9.59 Å². The van der Waals surface area contributed by atoms with Crippen molar-refractivity contribution in [1.29, 1.82) is 0 Å². The van der Waals surface area contributed by atoms with Crippen LogP contribution in [-0.4, -0.2) is 43.8 Å². The molecule has 0 unspecified atom stereocenters. The van der Waals surface area contributed by atoms with Crippen molar-refractivity contribution >= 4 is 12.2 Å². The summed E-state index contributed by atoms with van der Waals surface area (Å²) in [5.74, 6) is 0.0622. The molecule has 0 saturated heterocycles. The molecule has 0 aromatic heterocycles. The molecule has 0 atom stereocenters. The number of carbonyl (C=O) groups is 2. The molecule has 0 spiro atoms. The largest absolute Gasteiger partial charge is 0.345 e. The third kappa shape index (κ3) is 5.85. The Morgan fingerprint density at radius 2 is 2.17 bits per heavy atom. The Balaban J connectivity index is 3.19. The van der Waals surface area contributed by atoms with Crippen LogP contribution < -0.4 is 5.32 Å². The number of rotatable bonds is 6. The first kappa shape index (κ1) is 11.1. The molecule has 0 saturated carbocycles. The highest BCUT2D eigenvalue weighted by atomic mass is 16.2. The van der Waals surface area contributed by atoms with E-state index in [-0.39, 0.29) is 5.91 Å². The van der Waals surface area contributed by atoms with Gasteiger partial charge in [-0.05, 0) is 0 Å². The Hall–Kier alpha value is -0.900. The lowest BCUT2D eigenvalue weighted by molar-refractivity contribution is -0.127. The number of hydrogen-bond acceptors (Lipinski definition) is 3. The second kappa shape index (κ2) is 6.79. The molecule has 0 aliphatic heterocycles. The van der Waals surface area contributed by atoms with Gasteiger partial charge in [0.25, 0.3) is 0 Å². The van der Waals surface area contributed by atoms with E-state index in [4.69, 9.17) is 0 Å². The van der Waals surface area contributed by atoms with Crippen LogP contribution in [0.5, 0.6) is 0 Å². The second-order valence-electron chi connectivity index (χ2n) is 2.65. The Morgan fingerprint density at radius 3 is 2.67 bits per heavy atom. The zero-order valence-electron chi connectivity index (χ0n) is 7.67. The lowest BCUT2D eigenvalue weighted by Gasteiger charge is -2.14. The van der Waals surface area contributed by atoms with Gasteiger partial charge in [0.05, 0.1) is 0 Å². The molecule has 0 aromatic carbocycles. The van der Waals surface area contributed by atoms with Crippen LogP contribution >= 0.6 is 0 Å². The Morgan fingerprint density at radius 1 is 1.50 bits per heavy atom. The molecule has 0 bridgehead atoms. The third-order valence-corrected chi connectivity index (χ3v) is 1.60. The first-order valence-corrected chi connectivity index (χ1v) is 4.04. The molecule has 0 aliphatic rings. The van der Waals surface area contributed by atoms with E-state index < -0.39 is 0 Å². The Labute approximate surface area is 72.9 Å². The smallest absolute Gasteiger partial charge is 0.219 e. The maximum absolute atomic E-state index is 10.7. The van der Waals surface area contributed by atoms with Crippen LogP contribution in [0.15, 0.2) is 0 Å². The van der Waals surface area contributed by atoms with Crippen LogP contribution in [0, 0.1) is 0 Å². The summed E-state index contributed by atoms with van der Waals surface area (Å²) >= 11 is 0. The highest BCUT2D eigenvalue weighted by Gasteiger charge is 1.99. The van der Waals surface area contributed by atoms with Gasteiger partial charge in [-0.25, -0.2) is 0 Å². The topological polar surface area (TPSA) is 49.4 Å². The fourth-order valence-electron chi connectivity index (χ4n) is 0.690. The molecular formula is C8H16N2O2. The van der Waals surface area contributed by atoms with Crippen LogP contribution in [0.3, 0.4) is 0 Å². The van der Waals surface area contributed by atoms with Crippen LogP contribution in [0.2, 0.25) is 0 Å². The summed E-state index contributed by atoms with van der Waals surface area (Å²) in [6, 6.07) is 0. The van der Waals surface area contributed by atoms with Gasteiger partial charge in [-0.15, -0.1) is 0 Å². The number of amides is 1. The Bertz CT molecular complexity index is 148. The molecule has 0 aromatic rings. The average molecular weight is 172 g/mol. The van der Waals surface area contributed by atoms with E-state index in [1.165, 1.54) is 6.92 Å². The molecule has 1 N–H and O–H groups in total. The molecule has 12 heavy (non-hydrogen) atoms. The predicted molar refractivity (Wildman–Crippen MR) is 46.9 cm³/mol. The van der Waals surface area contributed by atoms with Crippen molar-refractivity contribution in [2.45, 2.75) is 13.3 Å². The van der Waals surface area contributed by atoms with Gasteiger partial charge < -0.3 is 15.0 Å². The highest BCUT2D eigenvalue weighted by molar-refractivity contribution is 5.72. The number of nitrogens with one attached hydrogen (secondary N) is 1. The van der Waals surface area contributed by atoms with Crippen molar-refractivity contribution in [1.82, 2.24) is 10.2 Å².